The maximum atomic E-state index is 13.2. The van der Waals surface area contributed by atoms with Crippen molar-refractivity contribution in [1.29, 1.82) is 0 Å². The molecule has 0 heterocycles. The van der Waals surface area contributed by atoms with Gasteiger partial charge in [-0.05, 0) is 19.9 Å². The first-order valence-corrected chi connectivity index (χ1v) is 4.69. The van der Waals surface area contributed by atoms with Crippen molar-refractivity contribution in [3.8, 4) is 0 Å². The average Bonchev–Trinajstić information content (AvgIpc) is 2.15. The Kier molecular flexibility index (Phi) is 3.42. The van der Waals surface area contributed by atoms with Crippen LogP contribution in [0.4, 0.5) is 15.8 Å². The number of amides is 1. The summed E-state index contributed by atoms with van der Waals surface area (Å²) in [5, 5.41) is 21.9. The molecule has 2 N–H and O–H groups in total. The summed E-state index contributed by atoms with van der Waals surface area (Å²) in [6.45, 7) is 2.54. The van der Waals surface area contributed by atoms with Gasteiger partial charge in [0.15, 0.2) is 0 Å². The monoisotopic (exact) mass is 242 g/mol. The van der Waals surface area contributed by atoms with Gasteiger partial charge in [0.05, 0.1) is 4.92 Å². The van der Waals surface area contributed by atoms with E-state index in [-0.39, 0.29) is 5.69 Å². The first kappa shape index (κ1) is 13.0. The molecule has 92 valence electrons. The van der Waals surface area contributed by atoms with Gasteiger partial charge in [-0.1, -0.05) is 0 Å². The van der Waals surface area contributed by atoms with Crippen LogP contribution in [0.15, 0.2) is 18.2 Å². The molecular weight excluding hydrogens is 231 g/mol. The number of rotatable bonds is 3. The lowest BCUT2D eigenvalue weighted by molar-refractivity contribution is -0.387. The molecule has 6 nitrogen and oxygen atoms in total. The largest absolute Gasteiger partial charge is 0.381 e. The van der Waals surface area contributed by atoms with Crippen LogP contribution in [0, 0.1) is 15.9 Å². The molecule has 0 aliphatic heterocycles. The van der Waals surface area contributed by atoms with Gasteiger partial charge in [-0.25, -0.2) is 0 Å². The minimum atomic E-state index is -1.61. The maximum absolute atomic E-state index is 13.2. The Labute approximate surface area is 96.2 Å². The molecule has 0 aliphatic carbocycles. The summed E-state index contributed by atoms with van der Waals surface area (Å²) < 4.78 is 13.2. The van der Waals surface area contributed by atoms with Gasteiger partial charge in [-0.2, -0.15) is 4.39 Å². The number of carbonyl (C=O) groups excluding carboxylic acids is 1. The zero-order valence-corrected chi connectivity index (χ0v) is 9.23. The molecule has 1 rings (SSSR count). The number of halogens is 1. The minimum Gasteiger partial charge on any atom is -0.381 e. The SMILES string of the molecule is CC(C)(O)C(=O)Nc1ccc([N+](=O)[O-])c(F)c1. The van der Waals surface area contributed by atoms with Crippen LogP contribution in [0.25, 0.3) is 0 Å². The second-order valence-corrected chi connectivity index (χ2v) is 3.94. The zero-order chi connectivity index (χ0) is 13.2. The number of nitro benzene ring substituents is 1. The molecule has 0 fully saturated rings. The number of aliphatic hydroxyl groups is 1. The predicted octanol–water partition coefficient (Wildman–Crippen LogP) is 1.44. The van der Waals surface area contributed by atoms with E-state index in [1.54, 1.807) is 0 Å². The Morgan fingerprint density at radius 2 is 2.12 bits per heavy atom. The summed E-state index contributed by atoms with van der Waals surface area (Å²) in [5.74, 6) is -1.78. The lowest BCUT2D eigenvalue weighted by Crippen LogP contribution is -2.36. The topological polar surface area (TPSA) is 92.5 Å². The molecule has 17 heavy (non-hydrogen) atoms. The predicted molar refractivity (Wildman–Crippen MR) is 58.0 cm³/mol. The van der Waals surface area contributed by atoms with Gasteiger partial charge in [0.2, 0.25) is 5.82 Å². The van der Waals surface area contributed by atoms with E-state index >= 15 is 0 Å². The Hall–Kier alpha value is -2.02. The number of nitrogens with one attached hydrogen (secondary N) is 1. The molecule has 0 saturated carbocycles. The number of carbonyl (C=O) groups is 1. The normalized spacial score (nSPS) is 11.1. The molecule has 0 saturated heterocycles. The molecule has 0 radical (unpaired) electrons. The summed E-state index contributed by atoms with van der Waals surface area (Å²) in [4.78, 5) is 20.8. The van der Waals surface area contributed by atoms with Gasteiger partial charge in [0, 0.05) is 17.8 Å². The fourth-order valence-corrected chi connectivity index (χ4v) is 1.02. The Bertz CT molecular complexity index is 468. The highest BCUT2D eigenvalue weighted by Gasteiger charge is 2.24. The quantitative estimate of drug-likeness (QED) is 0.619. The molecule has 0 aromatic heterocycles. The van der Waals surface area contributed by atoms with Crippen molar-refractivity contribution in [2.75, 3.05) is 5.32 Å². The Balaban J connectivity index is 2.92. The summed E-state index contributed by atoms with van der Waals surface area (Å²) in [6.07, 6.45) is 0. The molecule has 0 aliphatic rings. The van der Waals surface area contributed by atoms with Crippen LogP contribution in [-0.4, -0.2) is 21.5 Å². The van der Waals surface area contributed by atoms with Gasteiger partial charge in [0.25, 0.3) is 5.91 Å². The average molecular weight is 242 g/mol. The fourth-order valence-electron chi connectivity index (χ4n) is 1.02. The van der Waals surface area contributed by atoms with Crippen molar-refractivity contribution in [2.45, 2.75) is 19.4 Å². The fraction of sp³-hybridized carbons (Fsp3) is 0.300. The summed E-state index contributed by atoms with van der Waals surface area (Å²) in [5.41, 5.74) is -2.25. The van der Waals surface area contributed by atoms with Crippen molar-refractivity contribution in [3.05, 3.63) is 34.1 Å². The lowest BCUT2D eigenvalue weighted by Gasteiger charge is -2.16. The van der Waals surface area contributed by atoms with Crippen LogP contribution in [0.2, 0.25) is 0 Å². The number of nitrogens with zero attached hydrogens (tertiary/aromatic N) is 1. The molecule has 0 spiro atoms. The van der Waals surface area contributed by atoms with E-state index in [9.17, 15) is 24.4 Å². The lowest BCUT2D eigenvalue weighted by atomic mass is 10.1. The highest BCUT2D eigenvalue weighted by Crippen LogP contribution is 2.21. The minimum absolute atomic E-state index is 0.0419. The van der Waals surface area contributed by atoms with Crippen LogP contribution < -0.4 is 5.32 Å². The van der Waals surface area contributed by atoms with E-state index in [0.29, 0.717) is 0 Å². The molecule has 0 unspecified atom stereocenters. The molecular formula is C10H11FN2O4. The van der Waals surface area contributed by atoms with Crippen LogP contribution in [-0.2, 0) is 4.79 Å². The number of hydrogen-bond acceptors (Lipinski definition) is 4. The van der Waals surface area contributed by atoms with Gasteiger partial charge in [-0.3, -0.25) is 14.9 Å². The van der Waals surface area contributed by atoms with E-state index in [4.69, 9.17) is 0 Å². The third kappa shape index (κ3) is 3.22. The summed E-state index contributed by atoms with van der Waals surface area (Å²) in [6, 6.07) is 2.95. The van der Waals surface area contributed by atoms with Crippen molar-refractivity contribution in [1.82, 2.24) is 0 Å². The van der Waals surface area contributed by atoms with Gasteiger partial charge < -0.3 is 10.4 Å². The summed E-state index contributed by atoms with van der Waals surface area (Å²) in [7, 11) is 0. The van der Waals surface area contributed by atoms with E-state index in [0.717, 1.165) is 12.1 Å². The highest BCUT2D eigenvalue weighted by atomic mass is 19.1. The summed E-state index contributed by atoms with van der Waals surface area (Å²) >= 11 is 0. The van der Waals surface area contributed by atoms with E-state index < -0.39 is 27.9 Å². The van der Waals surface area contributed by atoms with E-state index in [1.807, 2.05) is 0 Å². The number of nitro groups is 1. The van der Waals surface area contributed by atoms with Crippen molar-refractivity contribution in [2.24, 2.45) is 0 Å². The first-order chi connectivity index (χ1) is 7.71. The van der Waals surface area contributed by atoms with Crippen LogP contribution in [0.5, 0.6) is 0 Å². The van der Waals surface area contributed by atoms with Crippen molar-refractivity contribution in [3.63, 3.8) is 0 Å². The van der Waals surface area contributed by atoms with Gasteiger partial charge in [0.1, 0.15) is 5.60 Å². The van der Waals surface area contributed by atoms with E-state index in [1.165, 1.54) is 19.9 Å². The Morgan fingerprint density at radius 1 is 1.53 bits per heavy atom. The molecule has 7 heteroatoms. The standard InChI is InChI=1S/C10H11FN2O4/c1-10(2,15)9(14)12-6-3-4-8(13(16)17)7(11)5-6/h3-5,15H,1-2H3,(H,12,14). The Morgan fingerprint density at radius 3 is 2.53 bits per heavy atom. The number of anilines is 1. The maximum Gasteiger partial charge on any atom is 0.304 e. The van der Waals surface area contributed by atoms with E-state index in [2.05, 4.69) is 5.32 Å². The van der Waals surface area contributed by atoms with Gasteiger partial charge in [-0.15, -0.1) is 0 Å². The van der Waals surface area contributed by atoms with Crippen molar-refractivity contribution < 1.29 is 19.2 Å². The number of benzene rings is 1. The zero-order valence-electron chi connectivity index (χ0n) is 9.23. The molecule has 1 aromatic carbocycles. The highest BCUT2D eigenvalue weighted by molar-refractivity contribution is 5.96. The van der Waals surface area contributed by atoms with Crippen molar-refractivity contribution >= 4 is 17.3 Å². The smallest absolute Gasteiger partial charge is 0.304 e. The third-order valence-electron chi connectivity index (χ3n) is 1.96. The molecule has 0 atom stereocenters. The molecule has 1 aromatic rings. The third-order valence-corrected chi connectivity index (χ3v) is 1.96. The van der Waals surface area contributed by atoms with Gasteiger partial charge >= 0.3 is 5.69 Å². The second-order valence-electron chi connectivity index (χ2n) is 3.94. The second kappa shape index (κ2) is 4.46. The number of hydrogen-bond donors (Lipinski definition) is 2. The molecule has 1 amide bonds. The van der Waals surface area contributed by atoms with Crippen LogP contribution in [0.1, 0.15) is 13.8 Å². The van der Waals surface area contributed by atoms with Crippen LogP contribution in [0.3, 0.4) is 0 Å². The van der Waals surface area contributed by atoms with Crippen LogP contribution >= 0.6 is 0 Å². The first-order valence-electron chi connectivity index (χ1n) is 4.69. The molecule has 0 bridgehead atoms.